The molecule has 0 aromatic heterocycles. The first kappa shape index (κ1) is 13.8. The molecular weight excluding hydrogens is 296 g/mol. The van der Waals surface area contributed by atoms with Gasteiger partial charge in [-0.1, -0.05) is 12.1 Å². The summed E-state index contributed by atoms with van der Waals surface area (Å²) in [6, 6.07) is 5.67. The third kappa shape index (κ3) is 3.68. The van der Waals surface area contributed by atoms with Gasteiger partial charge in [0.05, 0.1) is 17.2 Å². The van der Waals surface area contributed by atoms with Gasteiger partial charge in [0, 0.05) is 31.7 Å². The number of ether oxygens (including phenoxy) is 1. The molecule has 0 amide bonds. The Bertz CT molecular complexity index is 401. The Kier molecular flexibility index (Phi) is 5.00. The fourth-order valence-electron chi connectivity index (χ4n) is 2.06. The smallest absolute Gasteiger partial charge is 0.134 e. The number of phenols is 1. The number of hydrogen-bond acceptors (Lipinski definition) is 4. The molecular formula is C13H19BrN2O2. The Labute approximate surface area is 116 Å². The van der Waals surface area contributed by atoms with E-state index in [4.69, 9.17) is 4.74 Å². The monoisotopic (exact) mass is 314 g/mol. The van der Waals surface area contributed by atoms with Crippen LogP contribution in [0.15, 0.2) is 22.7 Å². The van der Waals surface area contributed by atoms with Crippen molar-refractivity contribution < 1.29 is 9.84 Å². The molecule has 0 aliphatic carbocycles. The molecule has 1 fully saturated rings. The third-order valence-corrected chi connectivity index (χ3v) is 3.74. The lowest BCUT2D eigenvalue weighted by Gasteiger charge is -2.30. The molecule has 1 saturated heterocycles. The van der Waals surface area contributed by atoms with Crippen molar-refractivity contribution >= 4 is 15.9 Å². The summed E-state index contributed by atoms with van der Waals surface area (Å²) in [6.45, 7) is 4.20. The van der Waals surface area contributed by atoms with E-state index in [1.54, 1.807) is 0 Å². The van der Waals surface area contributed by atoms with Crippen LogP contribution in [-0.4, -0.2) is 49.4 Å². The van der Waals surface area contributed by atoms with Crippen molar-refractivity contribution in [3.8, 4) is 5.75 Å². The van der Waals surface area contributed by atoms with E-state index in [2.05, 4.69) is 33.2 Å². The molecule has 2 rings (SSSR count). The van der Waals surface area contributed by atoms with Gasteiger partial charge in [-0.15, -0.1) is 0 Å². The van der Waals surface area contributed by atoms with E-state index < -0.39 is 0 Å². The van der Waals surface area contributed by atoms with Gasteiger partial charge in [-0.25, -0.2) is 0 Å². The van der Waals surface area contributed by atoms with Crippen molar-refractivity contribution in [3.63, 3.8) is 0 Å². The largest absolute Gasteiger partial charge is 0.506 e. The van der Waals surface area contributed by atoms with Gasteiger partial charge >= 0.3 is 0 Å². The Balaban J connectivity index is 1.79. The molecule has 1 unspecified atom stereocenters. The summed E-state index contributed by atoms with van der Waals surface area (Å²) in [7, 11) is 2.11. The maximum absolute atomic E-state index is 9.85. The van der Waals surface area contributed by atoms with E-state index in [9.17, 15) is 5.11 Å². The predicted octanol–water partition coefficient (Wildman–Crippen LogP) is 1.57. The average molecular weight is 315 g/mol. The highest BCUT2D eigenvalue weighted by Crippen LogP contribution is 2.27. The number of para-hydroxylation sites is 1. The van der Waals surface area contributed by atoms with Crippen LogP contribution in [0, 0.1) is 0 Å². The summed E-state index contributed by atoms with van der Waals surface area (Å²) >= 11 is 3.31. The van der Waals surface area contributed by atoms with E-state index in [-0.39, 0.29) is 6.10 Å². The predicted molar refractivity (Wildman–Crippen MR) is 74.8 cm³/mol. The van der Waals surface area contributed by atoms with Crippen LogP contribution in [0.2, 0.25) is 0 Å². The van der Waals surface area contributed by atoms with Crippen molar-refractivity contribution in [1.82, 2.24) is 10.2 Å². The van der Waals surface area contributed by atoms with Crippen LogP contribution in [-0.2, 0) is 11.3 Å². The highest BCUT2D eigenvalue weighted by Gasteiger charge is 2.17. The molecule has 1 aromatic rings. The fourth-order valence-corrected chi connectivity index (χ4v) is 2.47. The molecule has 0 bridgehead atoms. The van der Waals surface area contributed by atoms with Gasteiger partial charge in [-0.05, 0) is 29.0 Å². The second-order valence-corrected chi connectivity index (χ2v) is 5.49. The molecule has 1 aliphatic rings. The van der Waals surface area contributed by atoms with Crippen LogP contribution in [0.3, 0.4) is 0 Å². The van der Waals surface area contributed by atoms with Crippen molar-refractivity contribution in [3.05, 3.63) is 28.2 Å². The third-order valence-electron chi connectivity index (χ3n) is 3.10. The molecule has 2 N–H and O–H groups in total. The first-order valence-electron chi connectivity index (χ1n) is 6.14. The van der Waals surface area contributed by atoms with E-state index >= 15 is 0 Å². The highest BCUT2D eigenvalue weighted by molar-refractivity contribution is 9.10. The first-order valence-corrected chi connectivity index (χ1v) is 6.93. The van der Waals surface area contributed by atoms with Crippen molar-refractivity contribution in [1.29, 1.82) is 0 Å². The summed E-state index contributed by atoms with van der Waals surface area (Å²) in [6.07, 6.45) is 0.234. The van der Waals surface area contributed by atoms with Gasteiger partial charge in [0.15, 0.2) is 0 Å². The van der Waals surface area contributed by atoms with Gasteiger partial charge in [0.1, 0.15) is 5.75 Å². The van der Waals surface area contributed by atoms with Crippen LogP contribution in [0.4, 0.5) is 0 Å². The van der Waals surface area contributed by atoms with Crippen molar-refractivity contribution in [2.24, 2.45) is 0 Å². The lowest BCUT2D eigenvalue weighted by atomic mass is 10.2. The van der Waals surface area contributed by atoms with Gasteiger partial charge in [-0.2, -0.15) is 0 Å². The summed E-state index contributed by atoms with van der Waals surface area (Å²) in [5.74, 6) is 0.312. The second kappa shape index (κ2) is 6.52. The normalized spacial score (nSPS) is 21.1. The molecule has 100 valence electrons. The molecule has 4 nitrogen and oxygen atoms in total. The highest BCUT2D eigenvalue weighted by atomic mass is 79.9. The minimum Gasteiger partial charge on any atom is -0.506 e. The zero-order chi connectivity index (χ0) is 13.0. The average Bonchev–Trinajstić information content (AvgIpc) is 2.35. The maximum Gasteiger partial charge on any atom is 0.134 e. The van der Waals surface area contributed by atoms with E-state index in [1.165, 1.54) is 0 Å². The zero-order valence-corrected chi connectivity index (χ0v) is 12.1. The molecule has 0 saturated carbocycles. The standard InChI is InChI=1S/C13H19BrN2O2/c1-16-5-6-18-11(9-16)8-15-7-10-3-2-4-12(14)13(10)17/h2-4,11,15,17H,5-9H2,1H3. The van der Waals surface area contributed by atoms with E-state index in [0.29, 0.717) is 12.3 Å². The van der Waals surface area contributed by atoms with Crippen LogP contribution in [0.25, 0.3) is 0 Å². The van der Waals surface area contributed by atoms with E-state index in [0.717, 1.165) is 36.3 Å². The van der Waals surface area contributed by atoms with Gasteiger partial charge < -0.3 is 20.1 Å². The fraction of sp³-hybridized carbons (Fsp3) is 0.538. The quantitative estimate of drug-likeness (QED) is 0.885. The minimum absolute atomic E-state index is 0.234. The number of likely N-dealkylation sites (N-methyl/N-ethyl adjacent to an activating group) is 1. The molecule has 0 spiro atoms. The SMILES string of the molecule is CN1CCOC(CNCc2cccc(Br)c2O)C1. The minimum atomic E-state index is 0.234. The summed E-state index contributed by atoms with van der Waals surface area (Å²) in [5, 5.41) is 13.2. The molecule has 1 heterocycles. The van der Waals surface area contributed by atoms with E-state index in [1.807, 2.05) is 18.2 Å². The number of benzene rings is 1. The number of morpholine rings is 1. The molecule has 18 heavy (non-hydrogen) atoms. The molecule has 0 radical (unpaired) electrons. The van der Waals surface area contributed by atoms with Crippen LogP contribution < -0.4 is 5.32 Å². The summed E-state index contributed by atoms with van der Waals surface area (Å²) in [5.41, 5.74) is 0.897. The molecule has 1 atom stereocenters. The zero-order valence-electron chi connectivity index (χ0n) is 10.5. The molecule has 1 aromatic carbocycles. The van der Waals surface area contributed by atoms with Gasteiger partial charge in [-0.3, -0.25) is 0 Å². The molecule has 5 heteroatoms. The maximum atomic E-state index is 9.85. The number of aromatic hydroxyl groups is 1. The van der Waals surface area contributed by atoms with Gasteiger partial charge in [0.2, 0.25) is 0 Å². The van der Waals surface area contributed by atoms with Gasteiger partial charge in [0.25, 0.3) is 0 Å². The van der Waals surface area contributed by atoms with Crippen molar-refractivity contribution in [2.75, 3.05) is 33.3 Å². The Morgan fingerprint density at radius 3 is 3.17 bits per heavy atom. The van der Waals surface area contributed by atoms with Crippen LogP contribution in [0.5, 0.6) is 5.75 Å². The lowest BCUT2D eigenvalue weighted by Crippen LogP contribution is -2.44. The topological polar surface area (TPSA) is 44.7 Å². The summed E-state index contributed by atoms with van der Waals surface area (Å²) in [4.78, 5) is 2.27. The molecule has 1 aliphatic heterocycles. The number of phenolic OH excluding ortho intramolecular Hbond substituents is 1. The van der Waals surface area contributed by atoms with Crippen LogP contribution >= 0.6 is 15.9 Å². The lowest BCUT2D eigenvalue weighted by molar-refractivity contribution is -0.0182. The summed E-state index contributed by atoms with van der Waals surface area (Å²) < 4.78 is 6.40. The number of rotatable bonds is 4. The van der Waals surface area contributed by atoms with Crippen LogP contribution in [0.1, 0.15) is 5.56 Å². The Morgan fingerprint density at radius 1 is 1.56 bits per heavy atom. The first-order chi connectivity index (χ1) is 8.66. The van der Waals surface area contributed by atoms with Crippen molar-refractivity contribution in [2.45, 2.75) is 12.6 Å². The second-order valence-electron chi connectivity index (χ2n) is 4.63. The Morgan fingerprint density at radius 2 is 2.39 bits per heavy atom. The number of nitrogens with one attached hydrogen (secondary N) is 1. The number of hydrogen-bond donors (Lipinski definition) is 2. The number of nitrogens with zero attached hydrogens (tertiary/aromatic N) is 1. The number of halogens is 1. The Hall–Kier alpha value is -0.620.